The Labute approximate surface area is 201 Å². The molecule has 2 aromatic carbocycles. The third kappa shape index (κ3) is 3.62. The number of nitrogens with two attached hydrogens (primary N) is 1. The molecule has 0 bridgehead atoms. The van der Waals surface area contributed by atoms with Crippen LogP contribution in [0.5, 0.6) is 5.88 Å². The van der Waals surface area contributed by atoms with Crippen molar-refractivity contribution in [2.75, 3.05) is 0 Å². The highest BCUT2D eigenvalue weighted by Crippen LogP contribution is 2.40. The minimum absolute atomic E-state index is 0.197. The Hall–Kier alpha value is -3.71. The van der Waals surface area contributed by atoms with Gasteiger partial charge in [-0.1, -0.05) is 24.3 Å². The summed E-state index contributed by atoms with van der Waals surface area (Å²) in [5, 5.41) is 12.9. The zero-order valence-corrected chi connectivity index (χ0v) is 19.9. The lowest BCUT2D eigenvalue weighted by molar-refractivity contribution is 0.100. The summed E-state index contributed by atoms with van der Waals surface area (Å²) in [5.41, 5.74) is 9.99. The Morgan fingerprint density at radius 3 is 2.56 bits per heavy atom. The van der Waals surface area contributed by atoms with E-state index in [1.807, 2.05) is 38.1 Å². The van der Waals surface area contributed by atoms with Crippen LogP contribution in [0.25, 0.3) is 16.5 Å². The Kier molecular flexibility index (Phi) is 5.57. The molecule has 0 unspecified atom stereocenters. The number of primary amides is 1. The largest absolute Gasteiger partial charge is 0.494 e. The number of pyridine rings is 1. The van der Waals surface area contributed by atoms with Gasteiger partial charge in [-0.2, -0.15) is 0 Å². The second-order valence-electron chi connectivity index (χ2n) is 8.71. The summed E-state index contributed by atoms with van der Waals surface area (Å²) >= 11 is 1.48. The highest BCUT2D eigenvalue weighted by molar-refractivity contribution is 7.16. The van der Waals surface area contributed by atoms with Gasteiger partial charge in [0.05, 0.1) is 16.8 Å². The molecule has 0 atom stereocenters. The average Bonchev–Trinajstić information content (AvgIpc) is 3.20. The van der Waals surface area contributed by atoms with Crippen molar-refractivity contribution in [2.24, 2.45) is 10.7 Å². The molecule has 0 spiro atoms. The van der Waals surface area contributed by atoms with E-state index in [9.17, 15) is 14.7 Å². The fraction of sp³-hybridized carbons (Fsp3) is 0.222. The van der Waals surface area contributed by atoms with Crippen LogP contribution in [0.15, 0.2) is 52.3 Å². The molecule has 172 valence electrons. The van der Waals surface area contributed by atoms with E-state index in [1.165, 1.54) is 15.9 Å². The van der Waals surface area contributed by atoms with Crippen LogP contribution in [-0.2, 0) is 12.8 Å². The number of fused-ring (bicyclic) bond motifs is 2. The van der Waals surface area contributed by atoms with Crippen molar-refractivity contribution in [3.63, 3.8) is 0 Å². The molecule has 0 saturated carbocycles. The fourth-order valence-corrected chi connectivity index (χ4v) is 5.85. The molecule has 0 fully saturated rings. The zero-order chi connectivity index (χ0) is 24.0. The minimum atomic E-state index is -0.485. The van der Waals surface area contributed by atoms with Gasteiger partial charge in [0.15, 0.2) is 0 Å². The number of hydrogen-bond donors (Lipinski definition) is 2. The Morgan fingerprint density at radius 2 is 1.82 bits per heavy atom. The first-order valence-electron chi connectivity index (χ1n) is 11.3. The summed E-state index contributed by atoms with van der Waals surface area (Å²) < 4.78 is 1.31. The molecule has 6 nitrogen and oxygen atoms in total. The van der Waals surface area contributed by atoms with Crippen molar-refractivity contribution >= 4 is 39.2 Å². The van der Waals surface area contributed by atoms with Gasteiger partial charge in [-0.15, -0.1) is 11.3 Å². The molecule has 2 aromatic heterocycles. The van der Waals surface area contributed by atoms with Crippen molar-refractivity contribution in [3.8, 4) is 11.6 Å². The molecule has 5 rings (SSSR count). The summed E-state index contributed by atoms with van der Waals surface area (Å²) in [4.78, 5) is 31.4. The van der Waals surface area contributed by atoms with E-state index in [0.717, 1.165) is 47.3 Å². The molecule has 1 aliphatic carbocycles. The molecular weight excluding hydrogens is 446 g/mol. The molecule has 7 heteroatoms. The van der Waals surface area contributed by atoms with E-state index in [0.29, 0.717) is 32.6 Å². The summed E-state index contributed by atoms with van der Waals surface area (Å²) in [6.45, 7) is 3.96. The van der Waals surface area contributed by atoms with E-state index in [1.54, 1.807) is 24.4 Å². The number of aromatic hydroxyl groups is 1. The number of aryl methyl sites for hydroxylation is 3. The number of carbonyl (C=O) groups excluding carboxylic acids is 1. The van der Waals surface area contributed by atoms with Gasteiger partial charge < -0.3 is 10.8 Å². The van der Waals surface area contributed by atoms with Gasteiger partial charge in [-0.05, 0) is 74.4 Å². The third-order valence-corrected chi connectivity index (χ3v) is 7.76. The summed E-state index contributed by atoms with van der Waals surface area (Å²) in [5.74, 6) is -0.682. The molecular formula is C27H25N3O3S. The number of amides is 1. The van der Waals surface area contributed by atoms with E-state index in [2.05, 4.69) is 4.99 Å². The number of hydrogen-bond acceptors (Lipinski definition) is 5. The number of aliphatic imine (C=N–C) groups is 1. The molecule has 34 heavy (non-hydrogen) atoms. The smallest absolute Gasteiger partial charge is 0.265 e. The average molecular weight is 472 g/mol. The normalized spacial score (nSPS) is 13.5. The van der Waals surface area contributed by atoms with E-state index < -0.39 is 5.91 Å². The Morgan fingerprint density at radius 1 is 1.09 bits per heavy atom. The van der Waals surface area contributed by atoms with E-state index >= 15 is 0 Å². The maximum Gasteiger partial charge on any atom is 0.265 e. The van der Waals surface area contributed by atoms with Gasteiger partial charge >= 0.3 is 0 Å². The van der Waals surface area contributed by atoms with Crippen molar-refractivity contribution in [2.45, 2.75) is 39.5 Å². The topological polar surface area (TPSA) is 97.7 Å². The molecule has 1 amide bonds. The number of rotatable bonds is 4. The van der Waals surface area contributed by atoms with Crippen molar-refractivity contribution in [3.05, 3.63) is 85.5 Å². The van der Waals surface area contributed by atoms with Gasteiger partial charge in [-0.25, -0.2) is 9.56 Å². The zero-order valence-electron chi connectivity index (χ0n) is 19.1. The van der Waals surface area contributed by atoms with Crippen LogP contribution in [0.1, 0.15) is 50.3 Å². The Balaban J connectivity index is 1.73. The van der Waals surface area contributed by atoms with Crippen molar-refractivity contribution in [1.29, 1.82) is 0 Å². The van der Waals surface area contributed by atoms with Gasteiger partial charge in [0.25, 0.3) is 11.5 Å². The van der Waals surface area contributed by atoms with Crippen molar-refractivity contribution in [1.82, 2.24) is 4.57 Å². The second kappa shape index (κ2) is 8.57. The summed E-state index contributed by atoms with van der Waals surface area (Å²) in [6, 6.07) is 12.8. The van der Waals surface area contributed by atoms with Crippen LogP contribution in [-0.4, -0.2) is 21.8 Å². The van der Waals surface area contributed by atoms with Gasteiger partial charge in [0.2, 0.25) is 5.88 Å². The molecule has 1 aliphatic rings. The lowest BCUT2D eigenvalue weighted by atomic mass is 9.95. The first-order chi connectivity index (χ1) is 16.4. The first-order valence-corrected chi connectivity index (χ1v) is 12.1. The van der Waals surface area contributed by atoms with Crippen LogP contribution >= 0.6 is 11.3 Å². The molecule has 0 radical (unpaired) electrons. The molecule has 3 N–H and O–H groups in total. The van der Waals surface area contributed by atoms with Crippen LogP contribution < -0.4 is 11.3 Å². The standard InChI is InChI=1S/C27H25N3O3S/c1-15-11-12-17(13-16(15)2)30-26(32)19-8-4-3-7-18(19)21(27(30)33)14-29-25-23(24(28)31)20-9-5-6-10-22(20)34-25/h3-4,7-8,11-14,33H,5-6,9-10H2,1-2H3,(H2,28,31)/b29-14+. The van der Waals surface area contributed by atoms with Crippen LogP contribution in [0.4, 0.5) is 5.00 Å². The monoisotopic (exact) mass is 471 g/mol. The van der Waals surface area contributed by atoms with Crippen molar-refractivity contribution < 1.29 is 9.90 Å². The maximum atomic E-state index is 13.3. The SMILES string of the molecule is Cc1ccc(-n2c(O)c(/C=N/c3sc4c(c3C(N)=O)CCCC4)c3ccccc3c2=O)cc1C. The molecule has 0 saturated heterocycles. The number of aromatic nitrogens is 1. The summed E-state index contributed by atoms with van der Waals surface area (Å²) in [7, 11) is 0. The Bertz CT molecular complexity index is 1550. The van der Waals surface area contributed by atoms with Gasteiger partial charge in [-0.3, -0.25) is 9.59 Å². The van der Waals surface area contributed by atoms with Crippen LogP contribution in [0.3, 0.4) is 0 Å². The molecule has 2 heterocycles. The predicted molar refractivity (Wildman–Crippen MR) is 137 cm³/mol. The lowest BCUT2D eigenvalue weighted by Crippen LogP contribution is -2.20. The van der Waals surface area contributed by atoms with Crippen LogP contribution in [0.2, 0.25) is 0 Å². The third-order valence-electron chi connectivity index (χ3n) is 6.56. The van der Waals surface area contributed by atoms with Gasteiger partial charge in [0, 0.05) is 21.9 Å². The first kappa shape index (κ1) is 22.1. The lowest BCUT2D eigenvalue weighted by Gasteiger charge is -2.14. The van der Waals surface area contributed by atoms with E-state index in [4.69, 9.17) is 5.73 Å². The minimum Gasteiger partial charge on any atom is -0.494 e. The van der Waals surface area contributed by atoms with E-state index in [-0.39, 0.29) is 11.4 Å². The molecule has 4 aromatic rings. The van der Waals surface area contributed by atoms with Gasteiger partial charge in [0.1, 0.15) is 5.00 Å². The maximum absolute atomic E-state index is 13.3. The number of nitrogens with zero attached hydrogens (tertiary/aromatic N) is 2. The second-order valence-corrected chi connectivity index (χ2v) is 9.79. The quantitative estimate of drug-likeness (QED) is 0.405. The summed E-state index contributed by atoms with van der Waals surface area (Å²) in [6.07, 6.45) is 5.40. The fourth-order valence-electron chi connectivity index (χ4n) is 4.61. The number of benzene rings is 2. The molecule has 0 aliphatic heterocycles. The highest BCUT2D eigenvalue weighted by atomic mass is 32.1. The van der Waals surface area contributed by atoms with Crippen LogP contribution in [0, 0.1) is 13.8 Å². The number of thiophene rings is 1. The highest BCUT2D eigenvalue weighted by Gasteiger charge is 2.24. The number of carbonyl (C=O) groups is 1. The predicted octanol–water partition coefficient (Wildman–Crippen LogP) is 5.10.